The summed E-state index contributed by atoms with van der Waals surface area (Å²) in [6, 6.07) is 3.67. The molecule has 28 heavy (non-hydrogen) atoms. The fourth-order valence-electron chi connectivity index (χ4n) is 3.88. The number of rotatable bonds is 6. The van der Waals surface area contributed by atoms with Crippen LogP contribution in [-0.2, 0) is 0 Å². The highest BCUT2D eigenvalue weighted by molar-refractivity contribution is 5.65. The van der Waals surface area contributed by atoms with Crippen molar-refractivity contribution < 1.29 is 26.7 Å². The van der Waals surface area contributed by atoms with Crippen LogP contribution in [0.15, 0.2) is 24.3 Å². The van der Waals surface area contributed by atoms with Crippen molar-refractivity contribution in [1.29, 1.82) is 0 Å². The lowest BCUT2D eigenvalue weighted by atomic mass is 9.80. The molecule has 0 aromatic heterocycles. The van der Waals surface area contributed by atoms with Crippen molar-refractivity contribution in [1.82, 2.24) is 0 Å². The van der Waals surface area contributed by atoms with Crippen LogP contribution >= 0.6 is 0 Å². The smallest absolute Gasteiger partial charge is 0.201 e. The number of ether oxygens (including phenoxy) is 1. The van der Waals surface area contributed by atoms with Crippen LogP contribution in [0.2, 0.25) is 0 Å². The highest BCUT2D eigenvalue weighted by atomic mass is 19.2. The molecule has 2 aromatic carbocycles. The Morgan fingerprint density at radius 3 is 2.04 bits per heavy atom. The predicted octanol–water partition coefficient (Wildman–Crippen LogP) is 7.03. The molecular formula is C22H23F5O. The first-order valence-electron chi connectivity index (χ1n) is 9.66. The van der Waals surface area contributed by atoms with Gasteiger partial charge in [0.05, 0.1) is 6.61 Å². The fraction of sp³-hybridized carbons (Fsp3) is 0.455. The first kappa shape index (κ1) is 20.6. The molecule has 0 bridgehead atoms. The van der Waals surface area contributed by atoms with E-state index < -0.39 is 29.1 Å². The summed E-state index contributed by atoms with van der Waals surface area (Å²) in [6.45, 7) is 2.47. The van der Waals surface area contributed by atoms with Gasteiger partial charge in [-0.05, 0) is 54.5 Å². The average molecular weight is 398 g/mol. The fourth-order valence-corrected chi connectivity index (χ4v) is 3.88. The SMILES string of the molecule is CCCC1CCC(COc2ccc(-c3cc(F)c(F)c(F)c3)c(F)c2F)CC1. The van der Waals surface area contributed by atoms with E-state index in [1.807, 2.05) is 0 Å². The van der Waals surface area contributed by atoms with Crippen molar-refractivity contribution in [3.63, 3.8) is 0 Å². The largest absolute Gasteiger partial charge is 0.490 e. The van der Waals surface area contributed by atoms with Gasteiger partial charge in [-0.25, -0.2) is 17.6 Å². The van der Waals surface area contributed by atoms with Crippen LogP contribution < -0.4 is 4.74 Å². The molecule has 1 fully saturated rings. The van der Waals surface area contributed by atoms with E-state index in [4.69, 9.17) is 4.74 Å². The molecule has 152 valence electrons. The van der Waals surface area contributed by atoms with Gasteiger partial charge in [0.15, 0.2) is 29.0 Å². The molecule has 0 aliphatic heterocycles. The molecule has 0 spiro atoms. The Kier molecular flexibility index (Phi) is 6.57. The minimum atomic E-state index is -1.65. The van der Waals surface area contributed by atoms with Crippen LogP contribution in [0.5, 0.6) is 5.75 Å². The normalized spacial score (nSPS) is 19.6. The molecule has 3 rings (SSSR count). The van der Waals surface area contributed by atoms with Gasteiger partial charge in [-0.2, -0.15) is 4.39 Å². The molecule has 2 aromatic rings. The second kappa shape index (κ2) is 8.93. The van der Waals surface area contributed by atoms with Gasteiger partial charge in [0.2, 0.25) is 5.82 Å². The van der Waals surface area contributed by atoms with E-state index in [0.29, 0.717) is 24.7 Å². The second-order valence-corrected chi connectivity index (χ2v) is 7.48. The molecule has 1 nitrogen and oxygen atoms in total. The third kappa shape index (κ3) is 4.47. The average Bonchev–Trinajstić information content (AvgIpc) is 2.68. The summed E-state index contributed by atoms with van der Waals surface area (Å²) in [4.78, 5) is 0. The molecule has 1 saturated carbocycles. The van der Waals surface area contributed by atoms with Crippen molar-refractivity contribution in [3.8, 4) is 16.9 Å². The van der Waals surface area contributed by atoms with Crippen LogP contribution in [0.4, 0.5) is 22.0 Å². The Hall–Kier alpha value is -2.11. The Morgan fingerprint density at radius 2 is 1.43 bits per heavy atom. The number of hydrogen-bond acceptors (Lipinski definition) is 1. The zero-order valence-corrected chi connectivity index (χ0v) is 15.7. The van der Waals surface area contributed by atoms with Crippen LogP contribution in [0.25, 0.3) is 11.1 Å². The lowest BCUT2D eigenvalue weighted by Gasteiger charge is -2.28. The lowest BCUT2D eigenvalue weighted by molar-refractivity contribution is 0.173. The summed E-state index contributed by atoms with van der Waals surface area (Å²) >= 11 is 0. The van der Waals surface area contributed by atoms with Gasteiger partial charge in [0.25, 0.3) is 0 Å². The molecule has 0 saturated heterocycles. The highest BCUT2D eigenvalue weighted by Crippen LogP contribution is 2.34. The van der Waals surface area contributed by atoms with E-state index in [2.05, 4.69) is 6.92 Å². The maximum absolute atomic E-state index is 14.4. The Labute approximate surface area is 161 Å². The Bertz CT molecular complexity index is 805. The third-order valence-corrected chi connectivity index (χ3v) is 5.48. The number of hydrogen-bond donors (Lipinski definition) is 0. The highest BCUT2D eigenvalue weighted by Gasteiger charge is 2.23. The molecule has 1 aliphatic rings. The summed E-state index contributed by atoms with van der Waals surface area (Å²) in [7, 11) is 0. The van der Waals surface area contributed by atoms with Crippen molar-refractivity contribution in [2.24, 2.45) is 11.8 Å². The van der Waals surface area contributed by atoms with Crippen LogP contribution in [0.3, 0.4) is 0 Å². The molecule has 0 unspecified atom stereocenters. The van der Waals surface area contributed by atoms with E-state index in [9.17, 15) is 22.0 Å². The molecule has 6 heteroatoms. The van der Waals surface area contributed by atoms with Crippen LogP contribution in [0.1, 0.15) is 45.4 Å². The van der Waals surface area contributed by atoms with Crippen LogP contribution in [-0.4, -0.2) is 6.61 Å². The van der Waals surface area contributed by atoms with Gasteiger partial charge in [-0.1, -0.05) is 32.6 Å². The molecule has 1 aliphatic carbocycles. The van der Waals surface area contributed by atoms with E-state index >= 15 is 0 Å². The summed E-state index contributed by atoms with van der Waals surface area (Å²) < 4.78 is 74.1. The predicted molar refractivity (Wildman–Crippen MR) is 97.5 cm³/mol. The van der Waals surface area contributed by atoms with Gasteiger partial charge in [0, 0.05) is 5.56 Å². The topological polar surface area (TPSA) is 9.23 Å². The molecule has 0 amide bonds. The van der Waals surface area contributed by atoms with E-state index in [0.717, 1.165) is 31.6 Å². The zero-order valence-electron chi connectivity index (χ0n) is 15.7. The van der Waals surface area contributed by atoms with Crippen molar-refractivity contribution in [3.05, 3.63) is 53.4 Å². The van der Waals surface area contributed by atoms with E-state index in [1.165, 1.54) is 25.0 Å². The van der Waals surface area contributed by atoms with Gasteiger partial charge in [-0.3, -0.25) is 0 Å². The quantitative estimate of drug-likeness (QED) is 0.375. The number of halogens is 5. The lowest BCUT2D eigenvalue weighted by Crippen LogP contribution is -2.20. The van der Waals surface area contributed by atoms with Crippen molar-refractivity contribution in [2.45, 2.75) is 45.4 Å². The van der Waals surface area contributed by atoms with Crippen molar-refractivity contribution in [2.75, 3.05) is 6.61 Å². The summed E-state index contributed by atoms with van der Waals surface area (Å²) in [5.41, 5.74) is -0.642. The maximum atomic E-state index is 14.4. The van der Waals surface area contributed by atoms with Crippen molar-refractivity contribution >= 4 is 0 Å². The Balaban J connectivity index is 1.69. The first-order chi connectivity index (χ1) is 13.4. The minimum absolute atomic E-state index is 0.236. The molecule has 0 N–H and O–H groups in total. The van der Waals surface area contributed by atoms with Crippen LogP contribution in [0, 0.1) is 40.9 Å². The van der Waals surface area contributed by atoms with Gasteiger partial charge >= 0.3 is 0 Å². The monoisotopic (exact) mass is 398 g/mol. The van der Waals surface area contributed by atoms with E-state index in [1.54, 1.807) is 0 Å². The van der Waals surface area contributed by atoms with Gasteiger partial charge < -0.3 is 4.74 Å². The molecule has 0 atom stereocenters. The second-order valence-electron chi connectivity index (χ2n) is 7.48. The Morgan fingerprint density at radius 1 is 0.821 bits per heavy atom. The molecule has 0 heterocycles. The van der Waals surface area contributed by atoms with Gasteiger partial charge in [-0.15, -0.1) is 0 Å². The molecular weight excluding hydrogens is 375 g/mol. The molecule has 0 radical (unpaired) electrons. The summed E-state index contributed by atoms with van der Waals surface area (Å²) in [6.07, 6.45) is 6.64. The zero-order chi connectivity index (χ0) is 20.3. The van der Waals surface area contributed by atoms with Gasteiger partial charge in [0.1, 0.15) is 0 Å². The van der Waals surface area contributed by atoms with E-state index in [-0.39, 0.29) is 16.9 Å². The standard InChI is InChI=1S/C22H23F5O/c1-2-3-13-4-6-14(7-5-13)12-28-19-9-8-16(20(25)22(19)27)15-10-17(23)21(26)18(24)11-15/h8-11,13-14H,2-7,12H2,1H3. The number of benzene rings is 2. The summed E-state index contributed by atoms with van der Waals surface area (Å²) in [5.74, 6) is -6.28. The maximum Gasteiger partial charge on any atom is 0.201 e. The summed E-state index contributed by atoms with van der Waals surface area (Å²) in [5, 5.41) is 0. The first-order valence-corrected chi connectivity index (χ1v) is 9.66. The third-order valence-electron chi connectivity index (χ3n) is 5.48. The minimum Gasteiger partial charge on any atom is -0.490 e.